The smallest absolute Gasteiger partial charge is 0.120 e. The molecule has 0 bridgehead atoms. The van der Waals surface area contributed by atoms with Crippen molar-refractivity contribution in [2.24, 2.45) is 33.8 Å². The molecule has 3 rings (SSSR count). The third-order valence-electron chi connectivity index (χ3n) is 8.77. The van der Waals surface area contributed by atoms with Crippen LogP contribution in [-0.4, -0.2) is 41.7 Å². The van der Waals surface area contributed by atoms with E-state index in [2.05, 4.69) is 37.8 Å². The van der Waals surface area contributed by atoms with Crippen LogP contribution in [-0.2, 0) is 4.74 Å². The zero-order valence-corrected chi connectivity index (χ0v) is 21.3. The van der Waals surface area contributed by atoms with Gasteiger partial charge < -0.3 is 14.9 Å². The highest BCUT2D eigenvalue weighted by atomic mass is 16.5. The molecule has 0 heterocycles. The van der Waals surface area contributed by atoms with Gasteiger partial charge in [0.2, 0.25) is 0 Å². The normalized spacial score (nSPS) is 37.2. The second-order valence-corrected chi connectivity index (χ2v) is 12.2. The molecular formula is C28H45NO4. The number of aliphatic hydroxyl groups excluding tert-OH is 2. The summed E-state index contributed by atoms with van der Waals surface area (Å²) in [7, 11) is 0. The Morgan fingerprint density at radius 3 is 2.64 bits per heavy atom. The zero-order valence-electron chi connectivity index (χ0n) is 21.3. The monoisotopic (exact) mass is 459 g/mol. The van der Waals surface area contributed by atoms with Gasteiger partial charge in [-0.2, -0.15) is 4.91 Å². The Bertz CT molecular complexity index is 779. The second-order valence-electron chi connectivity index (χ2n) is 12.2. The van der Waals surface area contributed by atoms with E-state index in [1.54, 1.807) is 0 Å². The minimum absolute atomic E-state index is 0.178. The molecule has 0 saturated heterocycles. The minimum Gasteiger partial charge on any atom is -0.393 e. The topological polar surface area (TPSA) is 79.1 Å². The molecular weight excluding hydrogens is 414 g/mol. The number of nitrogens with zero attached hydrogens (tertiary/aromatic N) is 1. The van der Waals surface area contributed by atoms with Crippen molar-refractivity contribution >= 4 is 0 Å². The Morgan fingerprint density at radius 2 is 1.97 bits per heavy atom. The lowest BCUT2D eigenvalue weighted by atomic mass is 9.61. The van der Waals surface area contributed by atoms with E-state index >= 15 is 0 Å². The van der Waals surface area contributed by atoms with Crippen molar-refractivity contribution in [1.29, 1.82) is 0 Å². The maximum absolute atomic E-state index is 11.2. The molecule has 3 aliphatic carbocycles. The van der Waals surface area contributed by atoms with Gasteiger partial charge in [-0.15, -0.1) is 0 Å². The van der Waals surface area contributed by atoms with E-state index in [9.17, 15) is 15.1 Å². The third-order valence-corrected chi connectivity index (χ3v) is 8.77. The zero-order chi connectivity index (χ0) is 24.4. The van der Waals surface area contributed by atoms with Crippen molar-refractivity contribution in [2.45, 2.75) is 97.8 Å². The summed E-state index contributed by atoms with van der Waals surface area (Å²) in [6.45, 7) is 16.0. The molecule has 0 aliphatic heterocycles. The van der Waals surface area contributed by atoms with Crippen LogP contribution in [0.15, 0.2) is 40.6 Å². The van der Waals surface area contributed by atoms with Crippen molar-refractivity contribution in [3.05, 3.63) is 40.4 Å². The second kappa shape index (κ2) is 10.5. The summed E-state index contributed by atoms with van der Waals surface area (Å²) in [5, 5.41) is 23.5. The van der Waals surface area contributed by atoms with E-state index in [4.69, 9.17) is 4.74 Å². The summed E-state index contributed by atoms with van der Waals surface area (Å²) in [6.07, 6.45) is 10.2. The molecule has 0 amide bonds. The maximum atomic E-state index is 11.2. The lowest BCUT2D eigenvalue weighted by Gasteiger charge is -2.44. The highest BCUT2D eigenvalue weighted by Crippen LogP contribution is 2.59. The van der Waals surface area contributed by atoms with Gasteiger partial charge in [0.1, 0.15) is 6.04 Å². The molecule has 0 aromatic rings. The first kappa shape index (κ1) is 26.3. The third kappa shape index (κ3) is 5.86. The summed E-state index contributed by atoms with van der Waals surface area (Å²) in [5.41, 5.74) is 3.33. The highest BCUT2D eigenvalue weighted by molar-refractivity contribution is 5.38. The molecule has 2 N–H and O–H groups in total. The predicted molar refractivity (Wildman–Crippen MR) is 134 cm³/mol. The molecule has 0 spiro atoms. The van der Waals surface area contributed by atoms with Crippen LogP contribution in [0, 0.1) is 33.5 Å². The van der Waals surface area contributed by atoms with Crippen molar-refractivity contribution in [3.8, 4) is 0 Å². The summed E-state index contributed by atoms with van der Waals surface area (Å²) >= 11 is 0. The molecule has 3 aliphatic rings. The Morgan fingerprint density at radius 1 is 1.24 bits per heavy atom. The van der Waals surface area contributed by atoms with Crippen LogP contribution in [0.3, 0.4) is 0 Å². The van der Waals surface area contributed by atoms with E-state index in [1.807, 2.05) is 20.8 Å². The minimum atomic E-state index is -0.640. The largest absolute Gasteiger partial charge is 0.393 e. The number of ether oxygens (including phenoxy) is 1. The van der Waals surface area contributed by atoms with Crippen LogP contribution < -0.4 is 0 Å². The van der Waals surface area contributed by atoms with Crippen molar-refractivity contribution in [3.63, 3.8) is 0 Å². The van der Waals surface area contributed by atoms with E-state index in [0.29, 0.717) is 43.8 Å². The summed E-state index contributed by atoms with van der Waals surface area (Å²) < 4.78 is 6.02. The van der Waals surface area contributed by atoms with Gasteiger partial charge in [0, 0.05) is 13.0 Å². The molecule has 7 atom stereocenters. The first-order valence-electron chi connectivity index (χ1n) is 12.8. The average molecular weight is 460 g/mol. The van der Waals surface area contributed by atoms with Crippen LogP contribution >= 0.6 is 0 Å². The van der Waals surface area contributed by atoms with E-state index in [-0.39, 0.29) is 16.9 Å². The van der Waals surface area contributed by atoms with Crippen LogP contribution in [0.25, 0.3) is 0 Å². The Balaban J connectivity index is 1.66. The number of aliphatic hydroxyl groups is 2. The average Bonchev–Trinajstić information content (AvgIpc) is 3.09. The highest BCUT2D eigenvalue weighted by Gasteiger charge is 2.50. The molecule has 33 heavy (non-hydrogen) atoms. The van der Waals surface area contributed by atoms with Gasteiger partial charge in [-0.3, -0.25) is 0 Å². The molecule has 1 unspecified atom stereocenters. The Hall–Kier alpha value is -1.30. The predicted octanol–water partition coefficient (Wildman–Crippen LogP) is 5.96. The van der Waals surface area contributed by atoms with Gasteiger partial charge in [-0.1, -0.05) is 64.1 Å². The lowest BCUT2D eigenvalue weighted by molar-refractivity contribution is 0.0203. The number of fused-ring (bicyclic) bond motifs is 1. The Labute approximate surface area is 200 Å². The number of rotatable bonds is 7. The SMILES string of the molecule is C=C1C(=CC=C2CCC[C@]3(C)[C@@H]([C@H](C)COCC(N=O)C(C)(C)C)CC[C@@H]23)C[C@@H](O)C[C@@H]1O. The van der Waals surface area contributed by atoms with Gasteiger partial charge in [-0.05, 0) is 78.3 Å². The summed E-state index contributed by atoms with van der Waals surface area (Å²) in [6, 6.07) is -0.319. The molecule has 0 radical (unpaired) electrons. The summed E-state index contributed by atoms with van der Waals surface area (Å²) in [4.78, 5) is 11.2. The molecule has 5 heteroatoms. The number of allylic oxidation sites excluding steroid dienone is 3. The number of hydrogen-bond acceptors (Lipinski definition) is 5. The quantitative estimate of drug-likeness (QED) is 0.460. The first-order valence-corrected chi connectivity index (χ1v) is 12.8. The molecule has 3 fully saturated rings. The lowest BCUT2D eigenvalue weighted by Crippen LogP contribution is -2.37. The fourth-order valence-corrected chi connectivity index (χ4v) is 6.60. The molecule has 186 valence electrons. The molecule has 3 saturated carbocycles. The number of hydrogen-bond donors (Lipinski definition) is 2. The first-order chi connectivity index (χ1) is 15.5. The molecule has 0 aromatic carbocycles. The van der Waals surface area contributed by atoms with Crippen LogP contribution in [0.4, 0.5) is 0 Å². The van der Waals surface area contributed by atoms with Gasteiger partial charge in [0.15, 0.2) is 0 Å². The van der Waals surface area contributed by atoms with Crippen LogP contribution in [0.5, 0.6) is 0 Å². The van der Waals surface area contributed by atoms with E-state index in [1.165, 1.54) is 31.3 Å². The fourth-order valence-electron chi connectivity index (χ4n) is 6.60. The van der Waals surface area contributed by atoms with Crippen molar-refractivity contribution < 1.29 is 14.9 Å². The van der Waals surface area contributed by atoms with Crippen LogP contribution in [0.2, 0.25) is 0 Å². The van der Waals surface area contributed by atoms with E-state index in [0.717, 1.165) is 17.6 Å². The maximum Gasteiger partial charge on any atom is 0.120 e. The Kier molecular flexibility index (Phi) is 8.40. The summed E-state index contributed by atoms with van der Waals surface area (Å²) in [5.74, 6) is 1.61. The van der Waals surface area contributed by atoms with Gasteiger partial charge in [-0.25, -0.2) is 0 Å². The molecule has 5 nitrogen and oxygen atoms in total. The number of nitroso groups, excluding NO2 is 1. The molecule has 0 aromatic heterocycles. The van der Waals surface area contributed by atoms with Crippen LogP contribution in [0.1, 0.15) is 79.6 Å². The van der Waals surface area contributed by atoms with Gasteiger partial charge in [0.05, 0.1) is 18.8 Å². The van der Waals surface area contributed by atoms with Crippen molar-refractivity contribution in [1.82, 2.24) is 0 Å². The van der Waals surface area contributed by atoms with Crippen molar-refractivity contribution in [2.75, 3.05) is 13.2 Å². The van der Waals surface area contributed by atoms with E-state index < -0.39 is 12.2 Å². The van der Waals surface area contributed by atoms with Gasteiger partial charge >= 0.3 is 0 Å². The standard InChI is InChI=1S/C28H45NO4/c1-18(16-33-17-26(29-32)27(3,4)5)23-11-12-24-20(8-7-13-28(23,24)6)9-10-21-14-22(30)15-25(31)19(21)2/h9-10,18,22-26,30-31H,2,7-8,11-17H2,1,3-6H3/t18-,22-,23-,24+,25+,26?,28-/m1/s1. The fraction of sp³-hybridized carbons (Fsp3) is 0.786. The van der Waals surface area contributed by atoms with Gasteiger partial charge in [0.25, 0.3) is 0 Å².